The van der Waals surface area contributed by atoms with Crippen molar-refractivity contribution < 1.29 is 123 Å². The van der Waals surface area contributed by atoms with E-state index in [1.54, 1.807) is 0 Å². The molecule has 0 saturated carbocycles. The summed E-state index contributed by atoms with van der Waals surface area (Å²) in [4.78, 5) is 0. The predicted molar refractivity (Wildman–Crippen MR) is 195 cm³/mol. The first kappa shape index (κ1) is 38.8. The molecule has 24 heteroatoms. The molecular weight excluding hydrogens is 816 g/mol. The van der Waals surface area contributed by atoms with Crippen molar-refractivity contribution in [3.8, 4) is 171 Å². The second-order valence-electron chi connectivity index (χ2n) is 12.9. The molecular formula is C36H24O24. The van der Waals surface area contributed by atoms with Gasteiger partial charge in [0, 0.05) is 43.8 Å². The monoisotopic (exact) mass is 840 g/mol. The van der Waals surface area contributed by atoms with Crippen molar-refractivity contribution in [2.24, 2.45) is 0 Å². The van der Waals surface area contributed by atoms with Crippen LogP contribution in [0, 0.1) is 0 Å². The zero-order valence-corrected chi connectivity index (χ0v) is 28.7. The van der Waals surface area contributed by atoms with Gasteiger partial charge in [0.1, 0.15) is 5.75 Å². The summed E-state index contributed by atoms with van der Waals surface area (Å²) in [5.41, 5.74) is -8.94. The Hall–Kier alpha value is -9.48. The van der Waals surface area contributed by atoms with Gasteiger partial charge in [-0.05, 0) is 0 Å². The molecule has 0 atom stereocenters. The fourth-order valence-corrected chi connectivity index (χ4v) is 7.10. The van der Waals surface area contributed by atoms with Crippen LogP contribution in [0.25, 0.3) is 65.7 Å². The minimum absolute atomic E-state index is 1.23. The molecule has 0 amide bonds. The van der Waals surface area contributed by atoms with Crippen molar-refractivity contribution in [3.63, 3.8) is 0 Å². The minimum Gasteiger partial charge on any atom is -0.506 e. The lowest BCUT2D eigenvalue weighted by Crippen LogP contribution is -1.98. The Labute approximate surface area is 326 Å². The van der Waals surface area contributed by atoms with Crippen molar-refractivity contribution in [2.45, 2.75) is 0 Å². The summed E-state index contributed by atoms with van der Waals surface area (Å²) in [5.74, 6) is -41.1. The molecule has 0 bridgehead atoms. The van der Waals surface area contributed by atoms with E-state index in [0.717, 1.165) is 0 Å². The van der Waals surface area contributed by atoms with E-state index in [0.29, 0.717) is 0 Å². The van der Waals surface area contributed by atoms with E-state index in [9.17, 15) is 123 Å². The topological polar surface area (TPSA) is 486 Å². The van der Waals surface area contributed by atoms with Crippen molar-refractivity contribution in [3.05, 3.63) is 0 Å². The van der Waals surface area contributed by atoms with Gasteiger partial charge < -0.3 is 123 Å². The Balaban J connectivity index is 1.94. The van der Waals surface area contributed by atoms with Gasteiger partial charge in [-0.15, -0.1) is 0 Å². The highest BCUT2D eigenvalue weighted by Gasteiger charge is 2.40. The minimum atomic E-state index is -1.83. The summed E-state index contributed by atoms with van der Waals surface area (Å²) >= 11 is 0. The van der Waals surface area contributed by atoms with Crippen LogP contribution < -0.4 is 0 Å². The van der Waals surface area contributed by atoms with Gasteiger partial charge >= 0.3 is 0 Å². The standard InChI is InChI=1S/C36H24O24/c37-13-9(20(44)21(45)12-11(13)24(48)32(56)33(57)25(12)49)2-6-3(14(38)26(50)29(53)17(6)41)1(4-7(2)18(42)30(54)27(51)15(4)39)5-8(19(43)31(55)28(52)16(5)40)10-22(46)34(58)36(60)35(59)23(10)47/h37-60H. The van der Waals surface area contributed by atoms with Crippen LogP contribution in [-0.2, 0) is 0 Å². The SMILES string of the molecule is Oc1c(O)c(O)c(-c2c(O)c(O)c(O)c(O)c2-c2c3c(O)c(O)c(O)c(O)c3c(-c3c(O)c(O)c4c(O)c(O)c(O)c(O)c4c3O)c3c(O)c(O)c(O)c(O)c23)c(O)c1O. The summed E-state index contributed by atoms with van der Waals surface area (Å²) in [7, 11) is 0. The largest absolute Gasteiger partial charge is 0.506 e. The molecule has 0 aromatic heterocycles. The number of hydrogen-bond donors (Lipinski definition) is 24. The average Bonchev–Trinajstić information content (AvgIpc) is 3.22. The summed E-state index contributed by atoms with van der Waals surface area (Å²) in [6.45, 7) is 0. The molecule has 24 nitrogen and oxygen atoms in total. The predicted octanol–water partition coefficient (Wildman–Crippen LogP) is 3.08. The highest BCUT2D eigenvalue weighted by Crippen LogP contribution is 2.69. The fourth-order valence-electron chi connectivity index (χ4n) is 7.10. The lowest BCUT2D eigenvalue weighted by atomic mass is 9.80. The maximum absolute atomic E-state index is 11.7. The molecule has 0 heterocycles. The second-order valence-corrected chi connectivity index (χ2v) is 12.9. The quantitative estimate of drug-likeness (QED) is 0.0690. The zero-order chi connectivity index (χ0) is 44.8. The zero-order valence-electron chi connectivity index (χ0n) is 28.7. The Morgan fingerprint density at radius 1 is 0.100 bits per heavy atom. The lowest BCUT2D eigenvalue weighted by molar-refractivity contribution is 0.329. The third kappa shape index (κ3) is 4.36. The first-order valence-corrected chi connectivity index (χ1v) is 15.9. The normalized spacial score (nSPS) is 11.6. The molecule has 0 fully saturated rings. The van der Waals surface area contributed by atoms with Crippen LogP contribution >= 0.6 is 0 Å². The van der Waals surface area contributed by atoms with E-state index in [1.165, 1.54) is 0 Å². The third-order valence-corrected chi connectivity index (χ3v) is 9.88. The van der Waals surface area contributed by atoms with Crippen LogP contribution in [0.4, 0.5) is 0 Å². The van der Waals surface area contributed by atoms with E-state index >= 15 is 0 Å². The molecule has 0 aliphatic heterocycles. The van der Waals surface area contributed by atoms with Crippen LogP contribution in [-0.4, -0.2) is 123 Å². The number of aromatic hydroxyl groups is 24. The molecule has 7 aromatic rings. The lowest BCUT2D eigenvalue weighted by Gasteiger charge is -2.26. The van der Waals surface area contributed by atoms with Crippen molar-refractivity contribution in [1.29, 1.82) is 0 Å². The highest BCUT2D eigenvalue weighted by molar-refractivity contribution is 6.32. The summed E-state index contributed by atoms with van der Waals surface area (Å²) < 4.78 is 0. The van der Waals surface area contributed by atoms with Crippen molar-refractivity contribution in [2.75, 3.05) is 0 Å². The van der Waals surface area contributed by atoms with Gasteiger partial charge in [-0.1, -0.05) is 0 Å². The highest BCUT2D eigenvalue weighted by atomic mass is 16.4. The van der Waals surface area contributed by atoms with Crippen LogP contribution in [0.15, 0.2) is 0 Å². The summed E-state index contributed by atoms with van der Waals surface area (Å²) in [6, 6.07) is 0. The molecule has 0 spiro atoms. The number of hydrogen-bond acceptors (Lipinski definition) is 24. The van der Waals surface area contributed by atoms with Crippen LogP contribution in [0.3, 0.4) is 0 Å². The second kappa shape index (κ2) is 12.0. The average molecular weight is 841 g/mol. The number of phenols is 24. The number of fused-ring (bicyclic) bond motifs is 3. The molecule has 24 N–H and O–H groups in total. The molecule has 0 radical (unpaired) electrons. The maximum atomic E-state index is 11.7. The molecule has 0 aliphatic rings. The fraction of sp³-hybridized carbons (Fsp3) is 0. The maximum Gasteiger partial charge on any atom is 0.208 e. The molecule has 0 saturated heterocycles. The summed E-state index contributed by atoms with van der Waals surface area (Å²) in [5, 5.41) is 254. The van der Waals surface area contributed by atoms with Gasteiger partial charge in [-0.25, -0.2) is 0 Å². The van der Waals surface area contributed by atoms with E-state index < -0.39 is 204 Å². The van der Waals surface area contributed by atoms with Gasteiger partial charge in [0.15, 0.2) is 69.0 Å². The molecule has 0 aliphatic carbocycles. The Morgan fingerprint density at radius 3 is 0.567 bits per heavy atom. The van der Waals surface area contributed by atoms with Gasteiger partial charge in [0.25, 0.3) is 0 Å². The number of phenolic OH excluding ortho intramolecular Hbond substituents is 24. The number of rotatable bonds is 3. The molecule has 312 valence electrons. The van der Waals surface area contributed by atoms with Crippen LogP contribution in [0.2, 0.25) is 0 Å². The smallest absolute Gasteiger partial charge is 0.208 e. The molecule has 7 aromatic carbocycles. The number of benzene rings is 7. The molecule has 0 unspecified atom stereocenters. The van der Waals surface area contributed by atoms with Gasteiger partial charge in [0.2, 0.25) is 63.2 Å². The Morgan fingerprint density at radius 2 is 0.250 bits per heavy atom. The molecule has 7 rings (SSSR count). The van der Waals surface area contributed by atoms with E-state index in [1.807, 2.05) is 0 Å². The van der Waals surface area contributed by atoms with E-state index in [4.69, 9.17) is 0 Å². The van der Waals surface area contributed by atoms with Crippen molar-refractivity contribution >= 4 is 32.3 Å². The first-order chi connectivity index (χ1) is 27.9. The van der Waals surface area contributed by atoms with E-state index in [2.05, 4.69) is 0 Å². The van der Waals surface area contributed by atoms with Crippen LogP contribution in [0.1, 0.15) is 0 Å². The summed E-state index contributed by atoms with van der Waals surface area (Å²) in [6.07, 6.45) is 0. The molecule has 60 heavy (non-hydrogen) atoms. The van der Waals surface area contributed by atoms with E-state index in [-0.39, 0.29) is 0 Å². The van der Waals surface area contributed by atoms with Gasteiger partial charge in [-0.2, -0.15) is 0 Å². The van der Waals surface area contributed by atoms with Gasteiger partial charge in [0.05, 0.1) is 21.9 Å². The Kier molecular flexibility index (Phi) is 7.76. The van der Waals surface area contributed by atoms with Gasteiger partial charge in [-0.3, -0.25) is 0 Å². The third-order valence-electron chi connectivity index (χ3n) is 9.88. The first-order valence-electron chi connectivity index (χ1n) is 15.9. The van der Waals surface area contributed by atoms with Crippen molar-refractivity contribution in [1.82, 2.24) is 0 Å². The Bertz CT molecular complexity index is 3080. The van der Waals surface area contributed by atoms with Crippen LogP contribution in [0.5, 0.6) is 138 Å².